The number of thioether (sulfide) groups is 1. The Morgan fingerprint density at radius 3 is 2.30 bits per heavy atom. The van der Waals surface area contributed by atoms with Gasteiger partial charge in [0.2, 0.25) is 5.91 Å². The van der Waals surface area contributed by atoms with Gasteiger partial charge in [-0.05, 0) is 18.1 Å². The first-order valence-corrected chi connectivity index (χ1v) is 7.87. The zero-order chi connectivity index (χ0) is 14.2. The van der Waals surface area contributed by atoms with Crippen molar-refractivity contribution in [2.45, 2.75) is 18.7 Å². The molecule has 0 saturated carbocycles. The molecule has 0 saturated heterocycles. The van der Waals surface area contributed by atoms with Crippen LogP contribution >= 0.6 is 11.8 Å². The van der Waals surface area contributed by atoms with Gasteiger partial charge in [0.15, 0.2) is 0 Å². The van der Waals surface area contributed by atoms with Gasteiger partial charge in [-0.15, -0.1) is 11.8 Å². The van der Waals surface area contributed by atoms with Crippen LogP contribution in [0.25, 0.3) is 0 Å². The number of amides is 1. The van der Waals surface area contributed by atoms with Crippen LogP contribution in [0.2, 0.25) is 0 Å². The molecule has 2 nitrogen and oxygen atoms in total. The Morgan fingerprint density at radius 1 is 1.05 bits per heavy atom. The third-order valence-corrected chi connectivity index (χ3v) is 4.03. The topological polar surface area (TPSA) is 29.1 Å². The first-order chi connectivity index (χ1) is 9.75. The summed E-state index contributed by atoms with van der Waals surface area (Å²) < 4.78 is 0. The highest BCUT2D eigenvalue weighted by atomic mass is 32.2. The predicted octanol–water partition coefficient (Wildman–Crippen LogP) is 3.80. The standard InChI is InChI=1S/C17H19NOS/c1-14(16-10-6-3-7-11-16)18-17(19)13-20-12-15-8-4-2-5-9-15/h2-11,14H,12-13H2,1H3,(H,18,19). The summed E-state index contributed by atoms with van der Waals surface area (Å²) in [5.41, 5.74) is 2.38. The first kappa shape index (κ1) is 14.7. The van der Waals surface area contributed by atoms with E-state index in [9.17, 15) is 4.79 Å². The fraction of sp³-hybridized carbons (Fsp3) is 0.235. The Balaban J connectivity index is 1.73. The summed E-state index contributed by atoms with van der Waals surface area (Å²) in [7, 11) is 0. The number of rotatable bonds is 6. The van der Waals surface area contributed by atoms with E-state index >= 15 is 0 Å². The van der Waals surface area contributed by atoms with Crippen molar-refractivity contribution in [3.63, 3.8) is 0 Å². The van der Waals surface area contributed by atoms with Crippen LogP contribution in [0, 0.1) is 0 Å². The fourth-order valence-corrected chi connectivity index (χ4v) is 2.74. The largest absolute Gasteiger partial charge is 0.349 e. The first-order valence-electron chi connectivity index (χ1n) is 6.71. The quantitative estimate of drug-likeness (QED) is 0.874. The van der Waals surface area contributed by atoms with E-state index in [-0.39, 0.29) is 11.9 Å². The molecule has 1 atom stereocenters. The van der Waals surface area contributed by atoms with E-state index in [0.29, 0.717) is 5.75 Å². The molecule has 0 aliphatic heterocycles. The molecule has 1 amide bonds. The van der Waals surface area contributed by atoms with E-state index in [0.717, 1.165) is 11.3 Å². The van der Waals surface area contributed by atoms with E-state index in [1.807, 2.05) is 55.5 Å². The van der Waals surface area contributed by atoms with E-state index in [1.165, 1.54) is 5.56 Å². The summed E-state index contributed by atoms with van der Waals surface area (Å²) in [6, 6.07) is 20.3. The Labute approximate surface area is 124 Å². The lowest BCUT2D eigenvalue weighted by atomic mass is 10.1. The van der Waals surface area contributed by atoms with Gasteiger partial charge in [-0.2, -0.15) is 0 Å². The number of carbonyl (C=O) groups excluding carboxylic acids is 1. The molecule has 104 valence electrons. The van der Waals surface area contributed by atoms with Crippen molar-refractivity contribution in [1.29, 1.82) is 0 Å². The van der Waals surface area contributed by atoms with Gasteiger partial charge in [0.1, 0.15) is 0 Å². The Bertz CT molecular complexity index is 527. The minimum absolute atomic E-state index is 0.0565. The van der Waals surface area contributed by atoms with Crippen molar-refractivity contribution in [1.82, 2.24) is 5.32 Å². The maximum atomic E-state index is 11.9. The van der Waals surface area contributed by atoms with Gasteiger partial charge >= 0.3 is 0 Å². The highest BCUT2D eigenvalue weighted by Gasteiger charge is 2.08. The third kappa shape index (κ3) is 4.74. The molecule has 1 N–H and O–H groups in total. The normalized spacial score (nSPS) is 11.8. The average molecular weight is 285 g/mol. The van der Waals surface area contributed by atoms with Crippen LogP contribution in [0.15, 0.2) is 60.7 Å². The second kappa shape index (κ2) is 7.75. The second-order valence-electron chi connectivity index (χ2n) is 4.68. The minimum Gasteiger partial charge on any atom is -0.349 e. The van der Waals surface area contributed by atoms with Crippen LogP contribution in [0.3, 0.4) is 0 Å². The van der Waals surface area contributed by atoms with Crippen molar-refractivity contribution < 1.29 is 4.79 Å². The van der Waals surface area contributed by atoms with Gasteiger partial charge in [-0.3, -0.25) is 4.79 Å². The van der Waals surface area contributed by atoms with Crippen LogP contribution in [-0.4, -0.2) is 11.7 Å². The molecule has 0 aliphatic rings. The summed E-state index contributed by atoms with van der Waals surface area (Å²) in [6.07, 6.45) is 0. The van der Waals surface area contributed by atoms with Crippen LogP contribution in [-0.2, 0) is 10.5 Å². The molecule has 1 unspecified atom stereocenters. The Kier molecular flexibility index (Phi) is 5.69. The SMILES string of the molecule is CC(NC(=O)CSCc1ccccc1)c1ccccc1. The molecule has 2 rings (SSSR count). The molecule has 0 heterocycles. The molecular formula is C17H19NOS. The molecule has 3 heteroatoms. The van der Waals surface area contributed by atoms with Crippen LogP contribution < -0.4 is 5.32 Å². The van der Waals surface area contributed by atoms with Crippen molar-refractivity contribution in [3.05, 3.63) is 71.8 Å². The molecule has 2 aromatic rings. The van der Waals surface area contributed by atoms with Crippen molar-refractivity contribution in [2.75, 3.05) is 5.75 Å². The molecule has 0 spiro atoms. The zero-order valence-electron chi connectivity index (χ0n) is 11.6. The summed E-state index contributed by atoms with van der Waals surface area (Å²) in [4.78, 5) is 11.9. The number of hydrogen-bond donors (Lipinski definition) is 1. The van der Waals surface area contributed by atoms with Crippen molar-refractivity contribution in [2.24, 2.45) is 0 Å². The molecule has 0 radical (unpaired) electrons. The molecule has 20 heavy (non-hydrogen) atoms. The molecular weight excluding hydrogens is 266 g/mol. The van der Waals surface area contributed by atoms with Crippen molar-refractivity contribution >= 4 is 17.7 Å². The third-order valence-electron chi connectivity index (χ3n) is 3.02. The van der Waals surface area contributed by atoms with Crippen LogP contribution in [0.4, 0.5) is 0 Å². The smallest absolute Gasteiger partial charge is 0.230 e. The van der Waals surface area contributed by atoms with Crippen LogP contribution in [0.5, 0.6) is 0 Å². The lowest BCUT2D eigenvalue weighted by molar-refractivity contribution is -0.119. The molecule has 0 bridgehead atoms. The lowest BCUT2D eigenvalue weighted by Gasteiger charge is -2.14. The maximum Gasteiger partial charge on any atom is 0.230 e. The van der Waals surface area contributed by atoms with E-state index in [2.05, 4.69) is 17.4 Å². The van der Waals surface area contributed by atoms with E-state index < -0.39 is 0 Å². The van der Waals surface area contributed by atoms with Crippen molar-refractivity contribution in [3.8, 4) is 0 Å². The molecule has 2 aromatic carbocycles. The fourth-order valence-electron chi connectivity index (χ4n) is 1.94. The zero-order valence-corrected chi connectivity index (χ0v) is 12.4. The van der Waals surface area contributed by atoms with Gasteiger partial charge in [-0.1, -0.05) is 60.7 Å². The highest BCUT2D eigenvalue weighted by Crippen LogP contribution is 2.14. The molecule has 0 aliphatic carbocycles. The maximum absolute atomic E-state index is 11.9. The Hall–Kier alpha value is -1.74. The summed E-state index contributed by atoms with van der Waals surface area (Å²) >= 11 is 1.64. The number of benzene rings is 2. The minimum atomic E-state index is 0.0565. The van der Waals surface area contributed by atoms with E-state index in [4.69, 9.17) is 0 Å². The van der Waals surface area contributed by atoms with E-state index in [1.54, 1.807) is 11.8 Å². The van der Waals surface area contributed by atoms with Gasteiger partial charge in [-0.25, -0.2) is 0 Å². The van der Waals surface area contributed by atoms with Gasteiger partial charge < -0.3 is 5.32 Å². The Morgan fingerprint density at radius 2 is 1.65 bits per heavy atom. The summed E-state index contributed by atoms with van der Waals surface area (Å²) in [5, 5.41) is 3.02. The highest BCUT2D eigenvalue weighted by molar-refractivity contribution is 7.99. The number of hydrogen-bond acceptors (Lipinski definition) is 2. The van der Waals surface area contributed by atoms with Crippen LogP contribution in [0.1, 0.15) is 24.1 Å². The van der Waals surface area contributed by atoms with Gasteiger partial charge in [0.25, 0.3) is 0 Å². The summed E-state index contributed by atoms with van der Waals surface area (Å²) in [6.45, 7) is 2.01. The predicted molar refractivity (Wildman–Crippen MR) is 85.6 cm³/mol. The number of carbonyl (C=O) groups is 1. The second-order valence-corrected chi connectivity index (χ2v) is 5.66. The average Bonchev–Trinajstić information content (AvgIpc) is 2.49. The number of nitrogens with one attached hydrogen (secondary N) is 1. The lowest BCUT2D eigenvalue weighted by Crippen LogP contribution is -2.28. The summed E-state index contributed by atoms with van der Waals surface area (Å²) in [5.74, 6) is 1.45. The van der Waals surface area contributed by atoms with Gasteiger partial charge in [0, 0.05) is 5.75 Å². The van der Waals surface area contributed by atoms with Gasteiger partial charge in [0.05, 0.1) is 11.8 Å². The molecule has 0 aromatic heterocycles. The monoisotopic (exact) mass is 285 g/mol. The molecule has 0 fully saturated rings.